The highest BCUT2D eigenvalue weighted by atomic mass is 32.2. The summed E-state index contributed by atoms with van der Waals surface area (Å²) in [6, 6.07) is 32.5. The lowest BCUT2D eigenvalue weighted by atomic mass is 9.73. The molecular formula is C63H85O5PS. The predicted octanol–water partition coefficient (Wildman–Crippen LogP) is 19.0. The van der Waals surface area contributed by atoms with Gasteiger partial charge in [0.2, 0.25) is 9.84 Å². The monoisotopic (exact) mass is 985 g/mol. The Kier molecular flexibility index (Phi) is 15.9. The van der Waals surface area contributed by atoms with E-state index in [4.69, 9.17) is 13.6 Å². The van der Waals surface area contributed by atoms with Gasteiger partial charge >= 0.3 is 8.60 Å². The lowest BCUT2D eigenvalue weighted by Gasteiger charge is -2.33. The number of para-hydroxylation sites is 1. The summed E-state index contributed by atoms with van der Waals surface area (Å²) in [5.41, 5.74) is 7.32. The molecule has 7 heteroatoms. The van der Waals surface area contributed by atoms with Crippen LogP contribution in [-0.4, -0.2) is 8.42 Å². The molecule has 6 aromatic carbocycles. The van der Waals surface area contributed by atoms with E-state index in [1.54, 1.807) is 30.3 Å². The molecule has 70 heavy (non-hydrogen) atoms. The molecule has 0 unspecified atom stereocenters. The van der Waals surface area contributed by atoms with Crippen LogP contribution < -0.4 is 13.6 Å². The fourth-order valence-corrected chi connectivity index (χ4v) is 11.4. The first-order valence-electron chi connectivity index (χ1n) is 26.0. The van der Waals surface area contributed by atoms with Crippen molar-refractivity contribution in [2.24, 2.45) is 0 Å². The summed E-state index contributed by atoms with van der Waals surface area (Å²) >= 11 is 0. The lowest BCUT2D eigenvalue weighted by molar-refractivity contribution is 0.369. The fraction of sp³-hybridized carbons (Fsp3) is 0.492. The third-order valence-corrected chi connectivity index (χ3v) is 19.7. The Morgan fingerprint density at radius 3 is 1.16 bits per heavy atom. The standard InChI is InChI=1S/C63H85O5PS/c1-20-58(8,9)45-34-43-36-52(62(16,17)24-5)55(40-48(43)50(38-45)60(12,13)22-3)67-69(66-54-28-26-27-29-57(54)70(64,65)47-32-30-42(7)31-33-47)68-56-41-49-44(37-53(56)63(18,19)25-6)35-46(59(10,11)21-2)39-51(49)61(14,15)23-4/h26-41H,20-25H2,1-19H3. The normalized spacial score (nSPS) is 13.4. The van der Waals surface area contributed by atoms with Gasteiger partial charge in [0, 0.05) is 11.1 Å². The number of fused-ring (bicyclic) bond motifs is 2. The Hall–Kier alpha value is -4.38. The van der Waals surface area contributed by atoms with Crippen LogP contribution in [0.3, 0.4) is 0 Å². The van der Waals surface area contributed by atoms with Gasteiger partial charge in [0.15, 0.2) is 0 Å². The average molecular weight is 985 g/mol. The molecule has 0 saturated heterocycles. The summed E-state index contributed by atoms with van der Waals surface area (Å²) in [5.74, 6) is 1.49. The van der Waals surface area contributed by atoms with Gasteiger partial charge < -0.3 is 13.6 Å². The van der Waals surface area contributed by atoms with Crippen LogP contribution in [0.1, 0.15) is 202 Å². The number of sulfone groups is 1. The van der Waals surface area contributed by atoms with E-state index in [1.807, 2.05) is 25.1 Å². The first-order valence-corrected chi connectivity index (χ1v) is 28.6. The van der Waals surface area contributed by atoms with Crippen molar-refractivity contribution < 1.29 is 22.0 Å². The number of aryl methyl sites for hydroxylation is 1. The van der Waals surface area contributed by atoms with Crippen molar-refractivity contribution in [2.45, 2.75) is 212 Å². The third kappa shape index (κ3) is 11.0. The molecule has 0 amide bonds. The molecule has 378 valence electrons. The number of benzene rings is 6. The van der Waals surface area contributed by atoms with Crippen molar-refractivity contribution in [1.82, 2.24) is 0 Å². The van der Waals surface area contributed by atoms with Crippen LogP contribution in [0.4, 0.5) is 0 Å². The van der Waals surface area contributed by atoms with Crippen LogP contribution in [0.15, 0.2) is 107 Å². The Balaban J connectivity index is 1.69. The first-order chi connectivity index (χ1) is 32.5. The van der Waals surface area contributed by atoms with Crippen LogP contribution >= 0.6 is 8.60 Å². The number of hydrogen-bond donors (Lipinski definition) is 0. The molecule has 0 fully saturated rings. The lowest BCUT2D eigenvalue weighted by Crippen LogP contribution is -2.22. The molecular weight excluding hydrogens is 900 g/mol. The molecule has 0 radical (unpaired) electrons. The van der Waals surface area contributed by atoms with Gasteiger partial charge in [0.25, 0.3) is 0 Å². The predicted molar refractivity (Wildman–Crippen MR) is 300 cm³/mol. The second-order valence-corrected chi connectivity index (χ2v) is 26.8. The maximum Gasteiger partial charge on any atom is 0.530 e. The minimum absolute atomic E-state index is 0.0194. The van der Waals surface area contributed by atoms with Crippen LogP contribution in [0.25, 0.3) is 21.5 Å². The minimum atomic E-state index is -4.02. The van der Waals surface area contributed by atoms with Crippen LogP contribution in [-0.2, 0) is 42.3 Å². The molecule has 0 aliphatic heterocycles. The molecule has 0 N–H and O–H groups in total. The summed E-state index contributed by atoms with van der Waals surface area (Å²) in [5, 5.41) is 4.61. The number of hydrogen-bond acceptors (Lipinski definition) is 5. The smallest absolute Gasteiger partial charge is 0.408 e. The molecule has 6 rings (SSSR count). The van der Waals surface area contributed by atoms with Crippen LogP contribution in [0.2, 0.25) is 0 Å². The van der Waals surface area contributed by atoms with Gasteiger partial charge in [-0.1, -0.05) is 179 Å². The molecule has 0 saturated carbocycles. The van der Waals surface area contributed by atoms with Gasteiger partial charge in [-0.2, -0.15) is 0 Å². The van der Waals surface area contributed by atoms with Crippen molar-refractivity contribution in [3.8, 4) is 17.2 Å². The van der Waals surface area contributed by atoms with Crippen LogP contribution in [0.5, 0.6) is 17.2 Å². The van der Waals surface area contributed by atoms with Crippen molar-refractivity contribution >= 4 is 40.0 Å². The fourth-order valence-electron chi connectivity index (χ4n) is 8.95. The van der Waals surface area contributed by atoms with Gasteiger partial charge in [0.1, 0.15) is 22.1 Å². The van der Waals surface area contributed by atoms with E-state index in [1.165, 1.54) is 33.0 Å². The van der Waals surface area contributed by atoms with E-state index < -0.39 is 18.4 Å². The molecule has 0 aliphatic carbocycles. The summed E-state index contributed by atoms with van der Waals surface area (Å²) in [6.45, 7) is 43.2. The Morgan fingerprint density at radius 2 is 0.771 bits per heavy atom. The molecule has 0 heterocycles. The summed E-state index contributed by atoms with van der Waals surface area (Å²) in [6.07, 6.45) is 5.64. The van der Waals surface area contributed by atoms with E-state index in [0.29, 0.717) is 11.5 Å². The quantitative estimate of drug-likeness (QED) is 0.0713. The molecule has 5 nitrogen and oxygen atoms in total. The SMILES string of the molecule is CCC(C)(C)c1cc(C(C)(C)CC)c2cc(OP(Oc3cc4c(C(C)(C)CC)cc(C(C)(C)CC)cc4cc3C(C)(C)CC)Oc3ccccc3S(=O)(=O)c3ccc(C)cc3)c(C(C)(C)CC)cc2c1. The molecule has 0 aromatic heterocycles. The summed E-state index contributed by atoms with van der Waals surface area (Å²) in [7, 11) is -6.40. The van der Waals surface area contributed by atoms with Gasteiger partial charge in [-0.05, 0) is 170 Å². The molecule has 0 atom stereocenters. The minimum Gasteiger partial charge on any atom is -0.408 e. The molecule has 0 aliphatic rings. The largest absolute Gasteiger partial charge is 0.530 e. The van der Waals surface area contributed by atoms with Gasteiger partial charge in [-0.15, -0.1) is 0 Å². The first kappa shape index (κ1) is 54.9. The van der Waals surface area contributed by atoms with E-state index >= 15 is 0 Å². The Morgan fingerprint density at radius 1 is 0.414 bits per heavy atom. The molecule has 0 bridgehead atoms. The van der Waals surface area contributed by atoms with Crippen molar-refractivity contribution in [3.63, 3.8) is 0 Å². The van der Waals surface area contributed by atoms with Gasteiger partial charge in [-0.3, -0.25) is 0 Å². The zero-order valence-corrected chi connectivity index (χ0v) is 48.1. The highest BCUT2D eigenvalue weighted by Gasteiger charge is 2.36. The van der Waals surface area contributed by atoms with E-state index in [9.17, 15) is 8.42 Å². The molecule has 0 spiro atoms. The molecule has 6 aromatic rings. The topological polar surface area (TPSA) is 61.8 Å². The van der Waals surface area contributed by atoms with E-state index in [-0.39, 0.29) is 48.0 Å². The zero-order valence-electron chi connectivity index (χ0n) is 46.4. The van der Waals surface area contributed by atoms with Crippen LogP contribution in [0, 0.1) is 6.92 Å². The average Bonchev–Trinajstić information content (AvgIpc) is 3.32. The third-order valence-electron chi connectivity index (χ3n) is 16.9. The Labute approximate surface area is 425 Å². The summed E-state index contributed by atoms with van der Waals surface area (Å²) in [4.78, 5) is 0.242. The Bertz CT molecular complexity index is 2810. The highest BCUT2D eigenvalue weighted by Crippen LogP contribution is 2.53. The van der Waals surface area contributed by atoms with Crippen molar-refractivity contribution in [1.29, 1.82) is 0 Å². The van der Waals surface area contributed by atoms with Crippen molar-refractivity contribution in [3.05, 3.63) is 136 Å². The number of rotatable bonds is 20. The van der Waals surface area contributed by atoms with Gasteiger partial charge in [-0.25, -0.2) is 8.42 Å². The van der Waals surface area contributed by atoms with E-state index in [2.05, 4.69) is 173 Å². The highest BCUT2D eigenvalue weighted by molar-refractivity contribution is 7.91. The second kappa shape index (κ2) is 20.3. The second-order valence-electron chi connectivity index (χ2n) is 23.9. The van der Waals surface area contributed by atoms with Crippen molar-refractivity contribution in [2.75, 3.05) is 0 Å². The maximum absolute atomic E-state index is 14.6. The van der Waals surface area contributed by atoms with Gasteiger partial charge in [0.05, 0.1) is 4.90 Å². The summed E-state index contributed by atoms with van der Waals surface area (Å²) < 4.78 is 51.1. The zero-order chi connectivity index (χ0) is 52.0. The van der Waals surface area contributed by atoms with E-state index in [0.717, 1.165) is 66.0 Å². The maximum atomic E-state index is 14.6.